The number of hydrogen-bond acceptors (Lipinski definition) is 2. The minimum atomic E-state index is -0.372. The van der Waals surface area contributed by atoms with Gasteiger partial charge in [-0.3, -0.25) is 0 Å². The van der Waals surface area contributed by atoms with Gasteiger partial charge in [0.25, 0.3) is 0 Å². The molecule has 0 bridgehead atoms. The van der Waals surface area contributed by atoms with Crippen molar-refractivity contribution in [2.75, 3.05) is 6.54 Å². The molecule has 4 heteroatoms. The van der Waals surface area contributed by atoms with Crippen molar-refractivity contribution < 1.29 is 9.13 Å². The van der Waals surface area contributed by atoms with Crippen LogP contribution in [0.15, 0.2) is 46.9 Å². The highest BCUT2D eigenvalue weighted by atomic mass is 79.9. The molecule has 2 aromatic rings. The molecular weight excluding hydrogens is 321 g/mol. The van der Waals surface area contributed by atoms with Crippen molar-refractivity contribution in [2.45, 2.75) is 19.9 Å². The van der Waals surface area contributed by atoms with E-state index in [1.54, 1.807) is 12.1 Å². The van der Waals surface area contributed by atoms with Gasteiger partial charge in [0.05, 0.1) is 0 Å². The van der Waals surface area contributed by atoms with E-state index < -0.39 is 0 Å². The Hall–Kier alpha value is -1.39. The molecule has 0 atom stereocenters. The lowest BCUT2D eigenvalue weighted by molar-refractivity contribution is 0.441. The SMILES string of the molecule is CCCNCc1cccc(Oc2cc(Br)ccc2F)c1. The number of hydrogen-bond donors (Lipinski definition) is 1. The van der Waals surface area contributed by atoms with Crippen LogP contribution >= 0.6 is 15.9 Å². The largest absolute Gasteiger partial charge is 0.454 e. The number of ether oxygens (including phenoxy) is 1. The van der Waals surface area contributed by atoms with Crippen molar-refractivity contribution >= 4 is 15.9 Å². The van der Waals surface area contributed by atoms with Crippen molar-refractivity contribution in [3.8, 4) is 11.5 Å². The lowest BCUT2D eigenvalue weighted by Crippen LogP contribution is -2.13. The normalized spacial score (nSPS) is 10.6. The third-order valence-electron chi connectivity index (χ3n) is 2.78. The predicted molar refractivity (Wildman–Crippen MR) is 82.6 cm³/mol. The first kappa shape index (κ1) is 15.0. The van der Waals surface area contributed by atoms with Crippen molar-refractivity contribution in [1.82, 2.24) is 5.32 Å². The van der Waals surface area contributed by atoms with Gasteiger partial charge in [0.1, 0.15) is 5.75 Å². The number of rotatable bonds is 6. The maximum atomic E-state index is 13.6. The fourth-order valence-corrected chi connectivity index (χ4v) is 2.15. The van der Waals surface area contributed by atoms with Crippen molar-refractivity contribution in [2.24, 2.45) is 0 Å². The molecule has 0 fully saturated rings. The molecule has 0 aliphatic heterocycles. The van der Waals surface area contributed by atoms with Crippen molar-refractivity contribution in [3.63, 3.8) is 0 Å². The summed E-state index contributed by atoms with van der Waals surface area (Å²) in [4.78, 5) is 0. The predicted octanol–water partition coefficient (Wildman–Crippen LogP) is 4.88. The van der Waals surface area contributed by atoms with Gasteiger partial charge in [-0.2, -0.15) is 0 Å². The molecule has 0 saturated heterocycles. The van der Waals surface area contributed by atoms with Gasteiger partial charge >= 0.3 is 0 Å². The van der Waals surface area contributed by atoms with Crippen LogP contribution in [0.1, 0.15) is 18.9 Å². The van der Waals surface area contributed by atoms with E-state index in [2.05, 4.69) is 28.2 Å². The molecule has 0 amide bonds. The summed E-state index contributed by atoms with van der Waals surface area (Å²) in [5.74, 6) is 0.485. The molecule has 0 aromatic heterocycles. The van der Waals surface area contributed by atoms with Crippen LogP contribution in [-0.4, -0.2) is 6.54 Å². The Kier molecular flexibility index (Phi) is 5.56. The molecule has 0 heterocycles. The van der Waals surface area contributed by atoms with Gasteiger partial charge in [-0.05, 0) is 48.9 Å². The average molecular weight is 338 g/mol. The highest BCUT2D eigenvalue weighted by molar-refractivity contribution is 9.10. The summed E-state index contributed by atoms with van der Waals surface area (Å²) in [6.45, 7) is 3.89. The van der Waals surface area contributed by atoms with Gasteiger partial charge in [0.2, 0.25) is 0 Å². The first-order valence-electron chi connectivity index (χ1n) is 6.61. The highest BCUT2D eigenvalue weighted by Gasteiger charge is 2.06. The van der Waals surface area contributed by atoms with E-state index in [4.69, 9.17) is 4.74 Å². The lowest BCUT2D eigenvalue weighted by Gasteiger charge is -2.09. The van der Waals surface area contributed by atoms with Gasteiger partial charge in [-0.25, -0.2) is 4.39 Å². The van der Waals surface area contributed by atoms with E-state index in [9.17, 15) is 4.39 Å². The summed E-state index contributed by atoms with van der Waals surface area (Å²) in [6, 6.07) is 12.3. The third-order valence-corrected chi connectivity index (χ3v) is 3.27. The minimum Gasteiger partial charge on any atom is -0.454 e. The molecule has 0 spiro atoms. The monoisotopic (exact) mass is 337 g/mol. The van der Waals surface area contributed by atoms with Crippen LogP contribution in [0.25, 0.3) is 0 Å². The molecule has 2 rings (SSSR count). The van der Waals surface area contributed by atoms with E-state index in [1.807, 2.05) is 24.3 Å². The van der Waals surface area contributed by atoms with Crippen LogP contribution in [0.2, 0.25) is 0 Å². The van der Waals surface area contributed by atoms with Gasteiger partial charge in [0, 0.05) is 11.0 Å². The molecular formula is C16H17BrFNO. The third kappa shape index (κ3) is 4.32. The molecule has 0 aliphatic rings. The molecule has 2 aromatic carbocycles. The van der Waals surface area contributed by atoms with Gasteiger partial charge in [0.15, 0.2) is 11.6 Å². The fraction of sp³-hybridized carbons (Fsp3) is 0.250. The lowest BCUT2D eigenvalue weighted by atomic mass is 10.2. The van der Waals surface area contributed by atoms with E-state index in [-0.39, 0.29) is 11.6 Å². The second-order valence-electron chi connectivity index (χ2n) is 4.50. The smallest absolute Gasteiger partial charge is 0.165 e. The Morgan fingerprint density at radius 3 is 2.85 bits per heavy atom. The van der Waals surface area contributed by atoms with Crippen LogP contribution in [0.3, 0.4) is 0 Å². The number of nitrogens with one attached hydrogen (secondary N) is 1. The van der Waals surface area contributed by atoms with E-state index in [0.29, 0.717) is 5.75 Å². The zero-order chi connectivity index (χ0) is 14.4. The van der Waals surface area contributed by atoms with Gasteiger partial charge in [-0.15, -0.1) is 0 Å². The van der Waals surface area contributed by atoms with Crippen LogP contribution < -0.4 is 10.1 Å². The first-order chi connectivity index (χ1) is 9.69. The Morgan fingerprint density at radius 1 is 1.20 bits per heavy atom. The second kappa shape index (κ2) is 7.41. The standard InChI is InChI=1S/C16H17BrFNO/c1-2-8-19-11-12-4-3-5-14(9-12)20-16-10-13(17)6-7-15(16)18/h3-7,9-10,19H,2,8,11H2,1H3. The molecule has 0 aliphatic carbocycles. The molecule has 2 nitrogen and oxygen atoms in total. The van der Waals surface area contributed by atoms with Crippen LogP contribution in [-0.2, 0) is 6.54 Å². The molecule has 106 valence electrons. The second-order valence-corrected chi connectivity index (χ2v) is 5.42. The number of benzene rings is 2. The van der Waals surface area contributed by atoms with E-state index in [0.717, 1.165) is 29.5 Å². The topological polar surface area (TPSA) is 21.3 Å². The fourth-order valence-electron chi connectivity index (χ4n) is 1.81. The van der Waals surface area contributed by atoms with Crippen LogP contribution in [0.4, 0.5) is 4.39 Å². The zero-order valence-electron chi connectivity index (χ0n) is 11.3. The molecule has 0 saturated carbocycles. The van der Waals surface area contributed by atoms with Crippen molar-refractivity contribution in [3.05, 3.63) is 58.3 Å². The summed E-state index contributed by atoms with van der Waals surface area (Å²) in [5.41, 5.74) is 1.12. The van der Waals surface area contributed by atoms with Crippen LogP contribution in [0.5, 0.6) is 11.5 Å². The maximum Gasteiger partial charge on any atom is 0.165 e. The Labute approximate surface area is 127 Å². The first-order valence-corrected chi connectivity index (χ1v) is 7.41. The quantitative estimate of drug-likeness (QED) is 0.758. The molecule has 0 radical (unpaired) electrons. The summed E-state index contributed by atoms with van der Waals surface area (Å²) < 4.78 is 20.0. The van der Waals surface area contributed by atoms with Crippen molar-refractivity contribution in [1.29, 1.82) is 0 Å². The summed E-state index contributed by atoms with van der Waals surface area (Å²) >= 11 is 3.31. The van der Waals surface area contributed by atoms with Gasteiger partial charge in [-0.1, -0.05) is 35.0 Å². The average Bonchev–Trinajstić information content (AvgIpc) is 2.44. The number of halogens is 2. The van der Waals surface area contributed by atoms with E-state index >= 15 is 0 Å². The summed E-state index contributed by atoms with van der Waals surface area (Å²) in [7, 11) is 0. The maximum absolute atomic E-state index is 13.6. The Morgan fingerprint density at radius 2 is 2.05 bits per heavy atom. The molecule has 1 N–H and O–H groups in total. The molecule has 0 unspecified atom stereocenters. The zero-order valence-corrected chi connectivity index (χ0v) is 12.9. The van der Waals surface area contributed by atoms with Crippen LogP contribution in [0, 0.1) is 5.82 Å². The summed E-state index contributed by atoms with van der Waals surface area (Å²) in [6.07, 6.45) is 1.10. The van der Waals surface area contributed by atoms with E-state index in [1.165, 1.54) is 6.07 Å². The van der Waals surface area contributed by atoms with Gasteiger partial charge < -0.3 is 10.1 Å². The Balaban J connectivity index is 2.09. The molecule has 20 heavy (non-hydrogen) atoms. The highest BCUT2D eigenvalue weighted by Crippen LogP contribution is 2.27. The Bertz CT molecular complexity index is 574. The summed E-state index contributed by atoms with van der Waals surface area (Å²) in [5, 5.41) is 3.33. The minimum absolute atomic E-state index is 0.220.